The molecule has 2 amide bonds. The van der Waals surface area contributed by atoms with Crippen LogP contribution in [0.25, 0.3) is 0 Å². The van der Waals surface area contributed by atoms with Crippen molar-refractivity contribution in [2.24, 2.45) is 5.92 Å². The van der Waals surface area contributed by atoms with Crippen LogP contribution < -0.4 is 0 Å². The van der Waals surface area contributed by atoms with Crippen molar-refractivity contribution in [3.05, 3.63) is 0 Å². The summed E-state index contributed by atoms with van der Waals surface area (Å²) in [4.78, 5) is 27.6. The third-order valence-corrected chi connectivity index (χ3v) is 3.84. The van der Waals surface area contributed by atoms with Crippen molar-refractivity contribution in [3.8, 4) is 0 Å². The van der Waals surface area contributed by atoms with Gasteiger partial charge in [-0.05, 0) is 26.7 Å². The molecule has 2 unspecified atom stereocenters. The van der Waals surface area contributed by atoms with E-state index in [1.165, 1.54) is 0 Å². The molecule has 0 radical (unpaired) electrons. The van der Waals surface area contributed by atoms with E-state index in [1.807, 2.05) is 13.8 Å². The standard InChI is InChI=1S/C13H22N2O3/c1-9(2)15-7-10(6-12(15)17)13(18)14-5-3-4-11(16)8-14/h9-11,16H,3-8H2,1-2H3. The normalized spacial score (nSPS) is 29.2. The van der Waals surface area contributed by atoms with Gasteiger partial charge >= 0.3 is 0 Å². The summed E-state index contributed by atoms with van der Waals surface area (Å²) in [5.74, 6) is -0.114. The highest BCUT2D eigenvalue weighted by molar-refractivity contribution is 5.89. The summed E-state index contributed by atoms with van der Waals surface area (Å²) < 4.78 is 0. The topological polar surface area (TPSA) is 60.9 Å². The largest absolute Gasteiger partial charge is 0.391 e. The van der Waals surface area contributed by atoms with Crippen molar-refractivity contribution in [1.82, 2.24) is 9.80 Å². The maximum Gasteiger partial charge on any atom is 0.228 e. The lowest BCUT2D eigenvalue weighted by molar-refractivity contribution is -0.138. The third kappa shape index (κ3) is 2.66. The Morgan fingerprint density at radius 2 is 2.11 bits per heavy atom. The number of rotatable bonds is 2. The molecule has 0 aromatic heterocycles. The number of nitrogens with zero attached hydrogens (tertiary/aromatic N) is 2. The maximum absolute atomic E-state index is 12.3. The highest BCUT2D eigenvalue weighted by atomic mass is 16.3. The summed E-state index contributed by atoms with van der Waals surface area (Å²) in [6.07, 6.45) is 1.54. The zero-order valence-electron chi connectivity index (χ0n) is 11.1. The number of hydrogen-bond acceptors (Lipinski definition) is 3. The Labute approximate surface area is 108 Å². The lowest BCUT2D eigenvalue weighted by atomic mass is 10.0. The fourth-order valence-electron chi connectivity index (χ4n) is 2.81. The number of aliphatic hydroxyl groups excluding tert-OH is 1. The molecular formula is C13H22N2O3. The van der Waals surface area contributed by atoms with E-state index in [2.05, 4.69) is 0 Å². The van der Waals surface area contributed by atoms with E-state index in [-0.39, 0.29) is 23.8 Å². The van der Waals surface area contributed by atoms with E-state index in [1.54, 1.807) is 9.80 Å². The molecule has 2 aliphatic heterocycles. The molecular weight excluding hydrogens is 232 g/mol. The van der Waals surface area contributed by atoms with Gasteiger partial charge in [-0.3, -0.25) is 9.59 Å². The smallest absolute Gasteiger partial charge is 0.228 e. The molecule has 0 bridgehead atoms. The second-order valence-electron chi connectivity index (χ2n) is 5.62. The highest BCUT2D eigenvalue weighted by Crippen LogP contribution is 2.23. The molecule has 0 aromatic rings. The van der Waals surface area contributed by atoms with Crippen LogP contribution in [0.4, 0.5) is 0 Å². The van der Waals surface area contributed by atoms with E-state index >= 15 is 0 Å². The number of piperidine rings is 1. The van der Waals surface area contributed by atoms with Crippen molar-refractivity contribution in [1.29, 1.82) is 0 Å². The van der Waals surface area contributed by atoms with Gasteiger partial charge in [-0.2, -0.15) is 0 Å². The first-order chi connectivity index (χ1) is 8.49. The van der Waals surface area contributed by atoms with Gasteiger partial charge in [0.25, 0.3) is 0 Å². The van der Waals surface area contributed by atoms with Gasteiger partial charge in [0.2, 0.25) is 11.8 Å². The van der Waals surface area contributed by atoms with Gasteiger partial charge in [-0.25, -0.2) is 0 Å². The molecule has 2 heterocycles. The molecule has 0 spiro atoms. The van der Waals surface area contributed by atoms with Crippen LogP contribution in [0.15, 0.2) is 0 Å². The molecule has 2 atom stereocenters. The molecule has 1 N–H and O–H groups in total. The number of likely N-dealkylation sites (tertiary alicyclic amines) is 2. The number of carbonyl (C=O) groups excluding carboxylic acids is 2. The Hall–Kier alpha value is -1.10. The van der Waals surface area contributed by atoms with Crippen LogP contribution in [-0.2, 0) is 9.59 Å². The second kappa shape index (κ2) is 5.26. The van der Waals surface area contributed by atoms with Crippen molar-refractivity contribution in [2.45, 2.75) is 45.3 Å². The minimum atomic E-state index is -0.402. The molecule has 2 rings (SSSR count). The Morgan fingerprint density at radius 1 is 1.39 bits per heavy atom. The van der Waals surface area contributed by atoms with E-state index in [4.69, 9.17) is 0 Å². The lowest BCUT2D eigenvalue weighted by Gasteiger charge is -2.32. The fraction of sp³-hybridized carbons (Fsp3) is 0.846. The third-order valence-electron chi connectivity index (χ3n) is 3.84. The first-order valence-electron chi connectivity index (χ1n) is 6.75. The number of aliphatic hydroxyl groups is 1. The van der Waals surface area contributed by atoms with Gasteiger partial charge in [0.15, 0.2) is 0 Å². The van der Waals surface area contributed by atoms with E-state index in [9.17, 15) is 14.7 Å². The predicted octanol–water partition coefficient (Wildman–Crippen LogP) is 0.227. The van der Waals surface area contributed by atoms with Gasteiger partial charge in [0, 0.05) is 32.1 Å². The summed E-state index contributed by atoms with van der Waals surface area (Å²) in [5, 5.41) is 9.59. The quantitative estimate of drug-likeness (QED) is 0.767. The lowest BCUT2D eigenvalue weighted by Crippen LogP contribution is -2.45. The summed E-state index contributed by atoms with van der Waals surface area (Å²) in [7, 11) is 0. The Morgan fingerprint density at radius 3 is 2.67 bits per heavy atom. The van der Waals surface area contributed by atoms with Crippen LogP contribution in [-0.4, -0.2) is 58.5 Å². The SMILES string of the molecule is CC(C)N1CC(C(=O)N2CCCC(O)C2)CC1=O. The molecule has 0 aliphatic carbocycles. The maximum atomic E-state index is 12.3. The zero-order valence-corrected chi connectivity index (χ0v) is 11.1. The molecule has 2 fully saturated rings. The Kier molecular flexibility index (Phi) is 3.90. The first-order valence-corrected chi connectivity index (χ1v) is 6.75. The Bertz CT molecular complexity index is 343. The summed E-state index contributed by atoms with van der Waals surface area (Å²) in [6, 6.07) is 0.155. The van der Waals surface area contributed by atoms with Crippen LogP contribution >= 0.6 is 0 Å². The van der Waals surface area contributed by atoms with Crippen molar-refractivity contribution >= 4 is 11.8 Å². The van der Waals surface area contributed by atoms with Gasteiger partial charge in [0.1, 0.15) is 0 Å². The van der Waals surface area contributed by atoms with Gasteiger partial charge in [-0.1, -0.05) is 0 Å². The van der Waals surface area contributed by atoms with E-state index in [0.717, 1.165) is 12.8 Å². The minimum absolute atomic E-state index is 0.0326. The number of hydrogen-bond donors (Lipinski definition) is 1. The summed E-state index contributed by atoms with van der Waals surface area (Å²) >= 11 is 0. The van der Waals surface area contributed by atoms with Crippen LogP contribution in [0.3, 0.4) is 0 Å². The molecule has 18 heavy (non-hydrogen) atoms. The minimum Gasteiger partial charge on any atom is -0.391 e. The van der Waals surface area contributed by atoms with Crippen molar-refractivity contribution in [2.75, 3.05) is 19.6 Å². The molecule has 0 aromatic carbocycles. The first kappa shape index (κ1) is 13.3. The number of carbonyl (C=O) groups is 2. The highest BCUT2D eigenvalue weighted by Gasteiger charge is 2.38. The molecule has 2 saturated heterocycles. The second-order valence-corrected chi connectivity index (χ2v) is 5.62. The average molecular weight is 254 g/mol. The molecule has 5 heteroatoms. The van der Waals surface area contributed by atoms with Crippen LogP contribution in [0.1, 0.15) is 33.1 Å². The zero-order chi connectivity index (χ0) is 13.3. The van der Waals surface area contributed by atoms with E-state index < -0.39 is 6.10 Å². The molecule has 102 valence electrons. The van der Waals surface area contributed by atoms with Gasteiger partial charge < -0.3 is 14.9 Å². The monoisotopic (exact) mass is 254 g/mol. The van der Waals surface area contributed by atoms with Crippen molar-refractivity contribution < 1.29 is 14.7 Å². The molecule has 5 nitrogen and oxygen atoms in total. The predicted molar refractivity (Wildman–Crippen MR) is 66.8 cm³/mol. The Balaban J connectivity index is 1.96. The number of amides is 2. The average Bonchev–Trinajstić information content (AvgIpc) is 2.70. The number of β-amino-alcohol motifs (C(OH)–C–C–N with tert-alkyl or cyclic N) is 1. The van der Waals surface area contributed by atoms with Crippen LogP contribution in [0.2, 0.25) is 0 Å². The summed E-state index contributed by atoms with van der Waals surface area (Å²) in [5.41, 5.74) is 0. The van der Waals surface area contributed by atoms with Gasteiger partial charge in [-0.15, -0.1) is 0 Å². The summed E-state index contributed by atoms with van der Waals surface area (Å²) in [6.45, 7) is 5.60. The van der Waals surface area contributed by atoms with Gasteiger partial charge in [0.05, 0.1) is 12.0 Å². The van der Waals surface area contributed by atoms with Crippen LogP contribution in [0.5, 0.6) is 0 Å². The van der Waals surface area contributed by atoms with E-state index in [0.29, 0.717) is 26.1 Å². The van der Waals surface area contributed by atoms with Crippen molar-refractivity contribution in [3.63, 3.8) is 0 Å². The molecule has 0 saturated carbocycles. The van der Waals surface area contributed by atoms with Crippen LogP contribution in [0, 0.1) is 5.92 Å². The molecule has 2 aliphatic rings. The fourth-order valence-corrected chi connectivity index (χ4v) is 2.81.